The topological polar surface area (TPSA) is 81.0 Å². The Balaban J connectivity index is 1.51. The molecule has 2 heterocycles. The van der Waals surface area contributed by atoms with E-state index in [-0.39, 0.29) is 11.8 Å². The van der Waals surface area contributed by atoms with Gasteiger partial charge in [0, 0.05) is 11.6 Å². The van der Waals surface area contributed by atoms with Crippen molar-refractivity contribution < 1.29 is 19.0 Å². The second kappa shape index (κ2) is 7.97. The first-order valence-corrected chi connectivity index (χ1v) is 8.62. The number of carbonyl (C=O) groups is 1. The second-order valence-electron chi connectivity index (χ2n) is 6.44. The number of piperazine rings is 1. The minimum atomic E-state index is -0.602. The van der Waals surface area contributed by atoms with Crippen LogP contribution in [0.15, 0.2) is 46.9 Å². The molecule has 0 spiro atoms. The molecule has 3 rings (SSSR count). The Morgan fingerprint density at radius 1 is 1.27 bits per heavy atom. The molecule has 26 heavy (non-hydrogen) atoms. The Labute approximate surface area is 151 Å². The normalized spacial score (nSPS) is 15.5. The number of amides is 1. The van der Waals surface area contributed by atoms with Crippen molar-refractivity contribution in [1.29, 1.82) is 0 Å². The van der Waals surface area contributed by atoms with Crippen LogP contribution in [0.3, 0.4) is 0 Å². The lowest BCUT2D eigenvalue weighted by Gasteiger charge is -2.32. The van der Waals surface area contributed by atoms with Gasteiger partial charge in [-0.3, -0.25) is 14.9 Å². The highest BCUT2D eigenvalue weighted by molar-refractivity contribution is 5.91. The molecule has 0 radical (unpaired) electrons. The van der Waals surface area contributed by atoms with E-state index in [2.05, 4.69) is 25.1 Å². The number of nitro groups is 1. The van der Waals surface area contributed by atoms with Crippen molar-refractivity contribution in [3.8, 4) is 0 Å². The highest BCUT2D eigenvalue weighted by Crippen LogP contribution is 2.16. The summed E-state index contributed by atoms with van der Waals surface area (Å²) in [4.78, 5) is 25.5. The highest BCUT2D eigenvalue weighted by atomic mass is 16.6. The van der Waals surface area contributed by atoms with Crippen molar-refractivity contribution in [2.75, 3.05) is 26.2 Å². The van der Waals surface area contributed by atoms with Gasteiger partial charge < -0.3 is 14.2 Å². The van der Waals surface area contributed by atoms with Crippen molar-refractivity contribution in [2.45, 2.75) is 13.5 Å². The molecule has 7 nitrogen and oxygen atoms in total. The van der Waals surface area contributed by atoms with Gasteiger partial charge in [-0.15, -0.1) is 0 Å². The van der Waals surface area contributed by atoms with Gasteiger partial charge in [0.15, 0.2) is 0 Å². The van der Waals surface area contributed by atoms with E-state index in [4.69, 9.17) is 4.42 Å². The number of carbonyl (C=O) groups excluding carboxylic acids is 1. The van der Waals surface area contributed by atoms with E-state index in [1.165, 1.54) is 40.3 Å². The summed E-state index contributed by atoms with van der Waals surface area (Å²) in [5, 5.41) is 10.6. The van der Waals surface area contributed by atoms with E-state index in [0.717, 1.165) is 19.6 Å². The number of furan rings is 1. The average Bonchev–Trinajstić information content (AvgIpc) is 3.12. The molecule has 1 amide bonds. The van der Waals surface area contributed by atoms with Crippen LogP contribution in [0.5, 0.6) is 0 Å². The maximum atomic E-state index is 12.3. The van der Waals surface area contributed by atoms with Gasteiger partial charge >= 0.3 is 5.88 Å². The zero-order valence-corrected chi connectivity index (χ0v) is 14.7. The molecular formula is C19H22N3O4+. The first kappa shape index (κ1) is 17.9. The molecule has 1 fully saturated rings. The number of hydrogen-bond acceptors (Lipinski definition) is 4. The van der Waals surface area contributed by atoms with Gasteiger partial charge in [-0.05, 0) is 24.6 Å². The van der Waals surface area contributed by atoms with Gasteiger partial charge in [0.25, 0.3) is 0 Å². The molecular weight excluding hydrogens is 334 g/mol. The molecule has 1 N–H and O–H groups in total. The predicted octanol–water partition coefficient (Wildman–Crippen LogP) is 1.44. The molecule has 1 aliphatic heterocycles. The molecule has 2 aromatic rings. The monoisotopic (exact) mass is 356 g/mol. The third-order valence-electron chi connectivity index (χ3n) is 4.67. The zero-order valence-electron chi connectivity index (χ0n) is 14.7. The van der Waals surface area contributed by atoms with Gasteiger partial charge in [-0.1, -0.05) is 24.3 Å². The van der Waals surface area contributed by atoms with Crippen LogP contribution in [-0.4, -0.2) is 41.9 Å². The Hall–Kier alpha value is -2.93. The van der Waals surface area contributed by atoms with Crippen molar-refractivity contribution >= 4 is 17.9 Å². The summed E-state index contributed by atoms with van der Waals surface area (Å²) in [6, 6.07) is 11.1. The van der Waals surface area contributed by atoms with Crippen LogP contribution in [0.25, 0.3) is 6.08 Å². The van der Waals surface area contributed by atoms with Gasteiger partial charge in [0.05, 0.1) is 32.2 Å². The van der Waals surface area contributed by atoms with Crippen molar-refractivity contribution in [1.82, 2.24) is 4.90 Å². The van der Waals surface area contributed by atoms with Crippen LogP contribution in [0.1, 0.15) is 16.9 Å². The number of aryl methyl sites for hydroxylation is 1. The maximum absolute atomic E-state index is 12.3. The van der Waals surface area contributed by atoms with Gasteiger partial charge in [0.1, 0.15) is 17.2 Å². The molecule has 1 aromatic heterocycles. The third-order valence-corrected chi connectivity index (χ3v) is 4.67. The lowest BCUT2D eigenvalue weighted by Crippen LogP contribution is -3.13. The summed E-state index contributed by atoms with van der Waals surface area (Å²) in [5.74, 6) is -0.127. The van der Waals surface area contributed by atoms with Crippen molar-refractivity contribution in [2.24, 2.45) is 0 Å². The molecule has 0 bridgehead atoms. The lowest BCUT2D eigenvalue weighted by molar-refractivity contribution is -0.917. The fourth-order valence-electron chi connectivity index (χ4n) is 3.09. The van der Waals surface area contributed by atoms with E-state index in [0.29, 0.717) is 18.8 Å². The molecule has 1 aromatic carbocycles. The van der Waals surface area contributed by atoms with Gasteiger partial charge in [0.2, 0.25) is 5.91 Å². The summed E-state index contributed by atoms with van der Waals surface area (Å²) >= 11 is 0. The lowest BCUT2D eigenvalue weighted by atomic mass is 10.1. The van der Waals surface area contributed by atoms with E-state index in [1.54, 1.807) is 4.90 Å². The number of hydrogen-bond donors (Lipinski definition) is 1. The van der Waals surface area contributed by atoms with E-state index in [9.17, 15) is 14.9 Å². The largest absolute Gasteiger partial charge is 0.433 e. The average molecular weight is 356 g/mol. The molecule has 1 saturated heterocycles. The zero-order chi connectivity index (χ0) is 18.5. The predicted molar refractivity (Wildman–Crippen MR) is 96.6 cm³/mol. The molecule has 0 saturated carbocycles. The summed E-state index contributed by atoms with van der Waals surface area (Å²) in [6.07, 6.45) is 2.89. The Kier molecular flexibility index (Phi) is 5.48. The summed E-state index contributed by atoms with van der Waals surface area (Å²) in [7, 11) is 0. The molecule has 0 atom stereocenters. The number of benzene rings is 1. The smallest absolute Gasteiger partial charge is 0.401 e. The second-order valence-corrected chi connectivity index (χ2v) is 6.44. The quantitative estimate of drug-likeness (QED) is 0.499. The van der Waals surface area contributed by atoms with Crippen LogP contribution < -0.4 is 4.90 Å². The van der Waals surface area contributed by atoms with Crippen LogP contribution in [0.2, 0.25) is 0 Å². The van der Waals surface area contributed by atoms with E-state index < -0.39 is 4.92 Å². The first-order valence-electron chi connectivity index (χ1n) is 8.62. The van der Waals surface area contributed by atoms with E-state index in [1.807, 2.05) is 6.07 Å². The maximum Gasteiger partial charge on any atom is 0.433 e. The first-order chi connectivity index (χ1) is 12.5. The SMILES string of the molecule is Cc1ccccc1C[NH+]1CCN(C(=O)/C=C/c2ccc([N+](=O)[O-])o2)CC1. The number of nitrogens with zero attached hydrogens (tertiary/aromatic N) is 2. The summed E-state index contributed by atoms with van der Waals surface area (Å²) in [6.45, 7) is 6.30. The van der Waals surface area contributed by atoms with Gasteiger partial charge in [-0.25, -0.2) is 0 Å². The van der Waals surface area contributed by atoms with Crippen LogP contribution >= 0.6 is 0 Å². The number of rotatable bonds is 5. The molecule has 1 aliphatic rings. The van der Waals surface area contributed by atoms with Crippen molar-refractivity contribution in [3.05, 3.63) is 69.5 Å². The van der Waals surface area contributed by atoms with Crippen LogP contribution in [0.4, 0.5) is 5.88 Å². The van der Waals surface area contributed by atoms with E-state index >= 15 is 0 Å². The number of quaternary nitrogens is 1. The molecule has 0 unspecified atom stereocenters. The van der Waals surface area contributed by atoms with Crippen molar-refractivity contribution in [3.63, 3.8) is 0 Å². The molecule has 136 valence electrons. The minimum Gasteiger partial charge on any atom is -0.401 e. The Morgan fingerprint density at radius 2 is 2.00 bits per heavy atom. The summed E-state index contributed by atoms with van der Waals surface area (Å²) in [5.41, 5.74) is 2.65. The molecule has 7 heteroatoms. The highest BCUT2D eigenvalue weighted by Gasteiger charge is 2.23. The van der Waals surface area contributed by atoms with Crippen LogP contribution in [-0.2, 0) is 11.3 Å². The third kappa shape index (κ3) is 4.37. The minimum absolute atomic E-state index is 0.0982. The Bertz CT molecular complexity index is 820. The Morgan fingerprint density at radius 3 is 2.65 bits per heavy atom. The molecule has 0 aliphatic carbocycles. The van der Waals surface area contributed by atoms with Crippen LogP contribution in [0, 0.1) is 17.0 Å². The van der Waals surface area contributed by atoms with Gasteiger partial charge in [-0.2, -0.15) is 0 Å². The standard InChI is InChI=1S/C19H21N3O4/c1-15-4-2-3-5-16(15)14-20-10-12-21(13-11-20)18(23)8-6-17-7-9-19(26-17)22(24)25/h2-9H,10-14H2,1H3/p+1/b8-6+. The fourth-order valence-corrected chi connectivity index (χ4v) is 3.09. The number of nitrogens with one attached hydrogen (secondary N) is 1. The summed E-state index contributed by atoms with van der Waals surface area (Å²) < 4.78 is 5.02. The fraction of sp³-hybridized carbons (Fsp3) is 0.316.